The van der Waals surface area contributed by atoms with E-state index in [1.165, 1.54) is 31.4 Å². The van der Waals surface area contributed by atoms with Crippen LogP contribution < -0.4 is 5.32 Å². The number of imidazole rings is 1. The van der Waals surface area contributed by atoms with E-state index in [9.17, 15) is 4.79 Å². The summed E-state index contributed by atoms with van der Waals surface area (Å²) in [6.07, 6.45) is 8.86. The molecule has 1 N–H and O–H groups in total. The van der Waals surface area contributed by atoms with Gasteiger partial charge in [0, 0.05) is 18.3 Å². The Labute approximate surface area is 155 Å². The van der Waals surface area contributed by atoms with Crippen molar-refractivity contribution in [1.82, 2.24) is 14.9 Å². The van der Waals surface area contributed by atoms with Crippen molar-refractivity contribution in [2.75, 3.05) is 6.54 Å². The van der Waals surface area contributed by atoms with Gasteiger partial charge in [0.25, 0.3) is 0 Å². The molecule has 2 bridgehead atoms. The number of amides is 1. The van der Waals surface area contributed by atoms with E-state index in [2.05, 4.69) is 30.7 Å². The summed E-state index contributed by atoms with van der Waals surface area (Å²) < 4.78 is 2.46. The minimum Gasteiger partial charge on any atom is -0.355 e. The Morgan fingerprint density at radius 2 is 2.04 bits per heavy atom. The van der Waals surface area contributed by atoms with Gasteiger partial charge in [-0.15, -0.1) is 0 Å². The molecule has 4 rings (SSSR count). The maximum Gasteiger partial charge on any atom is 0.233 e. The lowest BCUT2D eigenvalue weighted by atomic mass is 9.84. The summed E-state index contributed by atoms with van der Waals surface area (Å²) in [5.74, 6) is 2.85. The fourth-order valence-corrected chi connectivity index (χ4v) is 6.72. The standard InChI is InChI=1S/C20H31N3OS/c1-12-13(2)23(14(3)17-11-15-7-8-16(17)10-15)20(22-12)25-18-6-4-5-9-21-19(18)24/h14-18H,4-11H2,1-3H3,(H,21,24). The molecule has 138 valence electrons. The van der Waals surface area contributed by atoms with E-state index >= 15 is 0 Å². The highest BCUT2D eigenvalue weighted by molar-refractivity contribution is 8.00. The first-order valence-corrected chi connectivity index (χ1v) is 10.9. The molecule has 1 saturated heterocycles. The highest BCUT2D eigenvalue weighted by Crippen LogP contribution is 2.52. The maximum absolute atomic E-state index is 12.4. The number of nitrogens with one attached hydrogen (secondary N) is 1. The number of fused-ring (bicyclic) bond motifs is 2. The van der Waals surface area contributed by atoms with E-state index < -0.39 is 0 Å². The normalized spacial score (nSPS) is 33.3. The molecule has 0 spiro atoms. The number of carbonyl (C=O) groups excluding carboxylic acids is 1. The number of aryl methyl sites for hydroxylation is 1. The molecule has 2 saturated carbocycles. The second kappa shape index (κ2) is 6.98. The van der Waals surface area contributed by atoms with Crippen LogP contribution in [0, 0.1) is 31.6 Å². The van der Waals surface area contributed by atoms with Gasteiger partial charge in [-0.05, 0) is 70.6 Å². The first-order valence-electron chi connectivity index (χ1n) is 10.0. The average molecular weight is 362 g/mol. The summed E-state index contributed by atoms with van der Waals surface area (Å²) in [4.78, 5) is 17.3. The van der Waals surface area contributed by atoms with Crippen LogP contribution in [-0.2, 0) is 4.79 Å². The molecule has 3 aliphatic rings. The van der Waals surface area contributed by atoms with Crippen LogP contribution in [0.3, 0.4) is 0 Å². The van der Waals surface area contributed by atoms with E-state index in [4.69, 9.17) is 4.98 Å². The number of aromatic nitrogens is 2. The Balaban J connectivity index is 1.58. The van der Waals surface area contributed by atoms with E-state index in [0.717, 1.165) is 54.4 Å². The predicted octanol–water partition coefficient (Wildman–Crippen LogP) is 4.26. The second-order valence-corrected chi connectivity index (χ2v) is 9.58. The second-order valence-electron chi connectivity index (χ2n) is 8.41. The highest BCUT2D eigenvalue weighted by atomic mass is 32.2. The molecule has 0 aromatic carbocycles. The van der Waals surface area contributed by atoms with Crippen LogP contribution in [0.5, 0.6) is 0 Å². The third-order valence-electron chi connectivity index (χ3n) is 6.91. The lowest BCUT2D eigenvalue weighted by Gasteiger charge is -2.31. The van der Waals surface area contributed by atoms with Gasteiger partial charge in [0.2, 0.25) is 5.91 Å². The first kappa shape index (κ1) is 17.4. The number of carbonyl (C=O) groups is 1. The summed E-state index contributed by atoms with van der Waals surface area (Å²) in [7, 11) is 0. The molecule has 2 heterocycles. The number of thioether (sulfide) groups is 1. The molecule has 3 fully saturated rings. The van der Waals surface area contributed by atoms with Gasteiger partial charge in [-0.1, -0.05) is 24.6 Å². The largest absolute Gasteiger partial charge is 0.355 e. The number of nitrogens with zero attached hydrogens (tertiary/aromatic N) is 2. The van der Waals surface area contributed by atoms with Crippen LogP contribution in [0.25, 0.3) is 0 Å². The van der Waals surface area contributed by atoms with E-state index in [1.807, 2.05) is 0 Å². The Hall–Kier alpha value is -0.970. The number of hydrogen-bond donors (Lipinski definition) is 1. The lowest BCUT2D eigenvalue weighted by molar-refractivity contribution is -0.120. The quantitative estimate of drug-likeness (QED) is 0.872. The van der Waals surface area contributed by atoms with Crippen molar-refractivity contribution in [3.05, 3.63) is 11.4 Å². The maximum atomic E-state index is 12.4. The third kappa shape index (κ3) is 3.24. The predicted molar refractivity (Wildman–Crippen MR) is 102 cm³/mol. The monoisotopic (exact) mass is 361 g/mol. The smallest absolute Gasteiger partial charge is 0.233 e. The van der Waals surface area contributed by atoms with Crippen molar-refractivity contribution in [3.63, 3.8) is 0 Å². The summed E-state index contributed by atoms with van der Waals surface area (Å²) >= 11 is 1.69. The van der Waals surface area contributed by atoms with Crippen molar-refractivity contribution in [3.8, 4) is 0 Å². The van der Waals surface area contributed by atoms with Crippen molar-refractivity contribution >= 4 is 17.7 Å². The minimum atomic E-state index is 0.00896. The molecule has 5 heteroatoms. The van der Waals surface area contributed by atoms with Crippen LogP contribution in [0.2, 0.25) is 0 Å². The molecular formula is C20H31N3OS. The molecule has 0 radical (unpaired) electrons. The zero-order valence-corrected chi connectivity index (χ0v) is 16.6. The summed E-state index contributed by atoms with van der Waals surface area (Å²) in [6.45, 7) is 7.51. The topological polar surface area (TPSA) is 46.9 Å². The summed E-state index contributed by atoms with van der Waals surface area (Å²) in [6, 6.07) is 0.493. The molecule has 25 heavy (non-hydrogen) atoms. The Morgan fingerprint density at radius 1 is 1.20 bits per heavy atom. The van der Waals surface area contributed by atoms with Gasteiger partial charge in [-0.2, -0.15) is 0 Å². The molecule has 5 unspecified atom stereocenters. The van der Waals surface area contributed by atoms with Gasteiger partial charge in [-0.25, -0.2) is 4.98 Å². The van der Waals surface area contributed by atoms with Crippen LogP contribution in [0.4, 0.5) is 0 Å². The van der Waals surface area contributed by atoms with Gasteiger partial charge in [0.1, 0.15) is 0 Å². The van der Waals surface area contributed by atoms with Gasteiger partial charge in [-0.3, -0.25) is 4.79 Å². The molecule has 5 atom stereocenters. The first-order chi connectivity index (χ1) is 12.0. The SMILES string of the molecule is Cc1nc(SC2CCCCNC2=O)n(C(C)C2CC3CCC2C3)c1C. The van der Waals surface area contributed by atoms with Gasteiger partial charge in [0.05, 0.1) is 10.9 Å². The van der Waals surface area contributed by atoms with Crippen molar-refractivity contribution in [1.29, 1.82) is 0 Å². The van der Waals surface area contributed by atoms with Crippen LogP contribution in [-0.4, -0.2) is 27.3 Å². The fraction of sp³-hybridized carbons (Fsp3) is 0.800. The molecule has 1 amide bonds. The molecule has 1 aliphatic heterocycles. The summed E-state index contributed by atoms with van der Waals surface area (Å²) in [5, 5.41) is 4.14. The molecule has 2 aliphatic carbocycles. The Kier molecular flexibility index (Phi) is 4.87. The van der Waals surface area contributed by atoms with E-state index in [1.54, 1.807) is 11.8 Å². The van der Waals surface area contributed by atoms with Crippen LogP contribution in [0.15, 0.2) is 5.16 Å². The molecule has 4 nitrogen and oxygen atoms in total. The van der Waals surface area contributed by atoms with Crippen LogP contribution in [0.1, 0.15) is 69.3 Å². The zero-order chi connectivity index (χ0) is 17.6. The summed E-state index contributed by atoms with van der Waals surface area (Å²) in [5.41, 5.74) is 2.40. The lowest BCUT2D eigenvalue weighted by Crippen LogP contribution is -2.31. The number of hydrogen-bond acceptors (Lipinski definition) is 3. The van der Waals surface area contributed by atoms with Gasteiger partial charge < -0.3 is 9.88 Å². The highest BCUT2D eigenvalue weighted by Gasteiger charge is 2.43. The van der Waals surface area contributed by atoms with Crippen molar-refractivity contribution in [2.24, 2.45) is 17.8 Å². The van der Waals surface area contributed by atoms with Crippen molar-refractivity contribution < 1.29 is 4.79 Å². The zero-order valence-electron chi connectivity index (χ0n) is 15.8. The average Bonchev–Trinajstić information content (AvgIpc) is 3.24. The van der Waals surface area contributed by atoms with E-state index in [-0.39, 0.29) is 11.2 Å². The van der Waals surface area contributed by atoms with E-state index in [0.29, 0.717) is 6.04 Å². The minimum absolute atomic E-state index is 0.00896. The van der Waals surface area contributed by atoms with Crippen LogP contribution >= 0.6 is 11.8 Å². The van der Waals surface area contributed by atoms with Crippen molar-refractivity contribution in [2.45, 2.75) is 82.2 Å². The fourth-order valence-electron chi connectivity index (χ4n) is 5.39. The molecule has 1 aromatic heterocycles. The molecule has 1 aromatic rings. The van der Waals surface area contributed by atoms with Gasteiger partial charge >= 0.3 is 0 Å². The van der Waals surface area contributed by atoms with Gasteiger partial charge in [0.15, 0.2) is 5.16 Å². The Bertz CT molecular complexity index is 656. The Morgan fingerprint density at radius 3 is 2.76 bits per heavy atom. The number of rotatable bonds is 4. The molecular weight excluding hydrogens is 330 g/mol. The third-order valence-corrected chi connectivity index (χ3v) is 8.14.